The predicted molar refractivity (Wildman–Crippen MR) is 69.7 cm³/mol. The number of primary amides is 1. The van der Waals surface area contributed by atoms with Crippen LogP contribution in [0.1, 0.15) is 30.6 Å². The number of amides is 2. The molecule has 7 heteroatoms. The van der Waals surface area contributed by atoms with Gasteiger partial charge in [0.2, 0.25) is 11.8 Å². The van der Waals surface area contributed by atoms with Gasteiger partial charge in [-0.3, -0.25) is 9.59 Å². The van der Waals surface area contributed by atoms with Crippen molar-refractivity contribution in [3.05, 3.63) is 29.8 Å². The first kappa shape index (κ1) is 15.2. The Morgan fingerprint density at radius 3 is 2.21 bits per heavy atom. The second-order valence-corrected chi connectivity index (χ2v) is 5.85. The molecule has 0 saturated heterocycles. The van der Waals surface area contributed by atoms with E-state index in [0.717, 1.165) is 0 Å². The molecule has 0 radical (unpaired) electrons. The average molecular weight is 284 g/mol. The molecule has 1 atom stereocenters. The zero-order valence-corrected chi connectivity index (χ0v) is 11.5. The van der Waals surface area contributed by atoms with Crippen molar-refractivity contribution in [2.24, 2.45) is 11.7 Å². The monoisotopic (exact) mass is 284 g/mol. The molecule has 0 aromatic heterocycles. The maximum Gasteiger partial charge on any atom is 0.264 e. The van der Waals surface area contributed by atoms with E-state index < -0.39 is 21.8 Å². The highest BCUT2D eigenvalue weighted by atomic mass is 32.2. The Morgan fingerprint density at radius 1 is 1.26 bits per heavy atom. The normalized spacial score (nSPS) is 12.7. The van der Waals surface area contributed by atoms with Gasteiger partial charge in [-0.15, -0.1) is 0 Å². The lowest BCUT2D eigenvalue weighted by Crippen LogP contribution is -2.34. The minimum atomic E-state index is -3.91. The molecule has 0 bridgehead atoms. The molecule has 0 spiro atoms. The van der Waals surface area contributed by atoms with Gasteiger partial charge in [-0.25, -0.2) is 13.1 Å². The van der Waals surface area contributed by atoms with Crippen LogP contribution in [0.2, 0.25) is 0 Å². The van der Waals surface area contributed by atoms with E-state index in [1.54, 1.807) is 13.8 Å². The molecule has 19 heavy (non-hydrogen) atoms. The standard InChI is InChI=1S/C12H16N2O4S/c1-3-8(2)12(16)14-19(17,18)10-6-4-9(5-7-10)11(13)15/h4-8H,3H2,1-2H3,(H2,13,15)(H,14,16). The molecule has 1 unspecified atom stereocenters. The van der Waals surface area contributed by atoms with E-state index in [4.69, 9.17) is 5.73 Å². The first-order chi connectivity index (χ1) is 8.77. The van der Waals surface area contributed by atoms with E-state index in [1.165, 1.54) is 24.3 Å². The zero-order valence-electron chi connectivity index (χ0n) is 10.7. The third-order valence-corrected chi connectivity index (χ3v) is 4.11. The van der Waals surface area contributed by atoms with Crippen molar-refractivity contribution in [3.8, 4) is 0 Å². The SMILES string of the molecule is CCC(C)C(=O)NS(=O)(=O)c1ccc(C(N)=O)cc1. The second-order valence-electron chi connectivity index (χ2n) is 4.17. The van der Waals surface area contributed by atoms with Crippen molar-refractivity contribution < 1.29 is 18.0 Å². The summed E-state index contributed by atoms with van der Waals surface area (Å²) in [5, 5.41) is 0. The molecule has 1 aromatic rings. The summed E-state index contributed by atoms with van der Waals surface area (Å²) >= 11 is 0. The quantitative estimate of drug-likeness (QED) is 0.827. The Labute approximate surface area is 112 Å². The first-order valence-corrected chi connectivity index (χ1v) is 7.22. The van der Waals surface area contributed by atoms with Crippen LogP contribution in [0.15, 0.2) is 29.2 Å². The van der Waals surface area contributed by atoms with Crippen molar-refractivity contribution >= 4 is 21.8 Å². The maximum atomic E-state index is 11.9. The third kappa shape index (κ3) is 3.78. The van der Waals surface area contributed by atoms with Crippen molar-refractivity contribution in [1.29, 1.82) is 0 Å². The number of nitrogens with one attached hydrogen (secondary N) is 1. The lowest BCUT2D eigenvalue weighted by molar-refractivity contribution is -0.122. The van der Waals surface area contributed by atoms with Crippen molar-refractivity contribution in [2.75, 3.05) is 0 Å². The van der Waals surface area contributed by atoms with Crippen LogP contribution in [0.25, 0.3) is 0 Å². The summed E-state index contributed by atoms with van der Waals surface area (Å²) < 4.78 is 25.8. The summed E-state index contributed by atoms with van der Waals surface area (Å²) in [6, 6.07) is 5.05. The van der Waals surface area contributed by atoms with Gasteiger partial charge in [-0.05, 0) is 30.7 Å². The summed E-state index contributed by atoms with van der Waals surface area (Å²) in [5.74, 6) is -1.59. The van der Waals surface area contributed by atoms with Gasteiger partial charge in [0.15, 0.2) is 0 Å². The molecule has 1 aromatic carbocycles. The molecule has 2 amide bonds. The Morgan fingerprint density at radius 2 is 1.79 bits per heavy atom. The predicted octanol–water partition coefficient (Wildman–Crippen LogP) is 0.637. The smallest absolute Gasteiger partial charge is 0.264 e. The fraction of sp³-hybridized carbons (Fsp3) is 0.333. The van der Waals surface area contributed by atoms with Crippen LogP contribution in [0.4, 0.5) is 0 Å². The largest absolute Gasteiger partial charge is 0.366 e. The third-order valence-electron chi connectivity index (χ3n) is 2.74. The van der Waals surface area contributed by atoms with Crippen LogP contribution < -0.4 is 10.5 Å². The number of nitrogens with two attached hydrogens (primary N) is 1. The van der Waals surface area contributed by atoms with Crippen molar-refractivity contribution in [1.82, 2.24) is 4.72 Å². The van der Waals surface area contributed by atoms with Gasteiger partial charge in [0.25, 0.3) is 10.0 Å². The Kier molecular flexibility index (Phi) is 4.66. The van der Waals surface area contributed by atoms with Crippen LogP contribution in [-0.2, 0) is 14.8 Å². The van der Waals surface area contributed by atoms with E-state index in [2.05, 4.69) is 0 Å². The Balaban J connectivity index is 2.95. The fourth-order valence-corrected chi connectivity index (χ4v) is 2.35. The van der Waals surface area contributed by atoms with E-state index in [0.29, 0.717) is 6.42 Å². The maximum absolute atomic E-state index is 11.9. The molecule has 1 rings (SSSR count). The summed E-state index contributed by atoms with van der Waals surface area (Å²) in [7, 11) is -3.91. The van der Waals surface area contributed by atoms with Crippen LogP contribution in [0, 0.1) is 5.92 Å². The summed E-state index contributed by atoms with van der Waals surface area (Å²) in [4.78, 5) is 22.4. The van der Waals surface area contributed by atoms with Crippen LogP contribution in [0.5, 0.6) is 0 Å². The number of sulfonamides is 1. The number of rotatable bonds is 5. The van der Waals surface area contributed by atoms with Crippen molar-refractivity contribution in [2.45, 2.75) is 25.2 Å². The lowest BCUT2D eigenvalue weighted by atomic mass is 10.1. The lowest BCUT2D eigenvalue weighted by Gasteiger charge is -2.10. The van der Waals surface area contributed by atoms with Crippen LogP contribution in [-0.4, -0.2) is 20.2 Å². The number of carbonyl (C=O) groups is 2. The van der Waals surface area contributed by atoms with Gasteiger partial charge in [-0.2, -0.15) is 0 Å². The van der Waals surface area contributed by atoms with Gasteiger partial charge >= 0.3 is 0 Å². The highest BCUT2D eigenvalue weighted by Gasteiger charge is 2.20. The molecule has 3 N–H and O–H groups in total. The van der Waals surface area contributed by atoms with Crippen LogP contribution in [0.3, 0.4) is 0 Å². The molecule has 0 aliphatic heterocycles. The first-order valence-electron chi connectivity index (χ1n) is 5.74. The minimum Gasteiger partial charge on any atom is -0.366 e. The van der Waals surface area contributed by atoms with Gasteiger partial charge in [0, 0.05) is 11.5 Å². The van der Waals surface area contributed by atoms with Gasteiger partial charge in [-0.1, -0.05) is 13.8 Å². The molecule has 0 saturated carbocycles. The summed E-state index contributed by atoms with van der Waals surface area (Å²) in [6.45, 7) is 3.43. The molecule has 104 valence electrons. The molecular formula is C12H16N2O4S. The molecule has 0 aliphatic carbocycles. The topological polar surface area (TPSA) is 106 Å². The van der Waals surface area contributed by atoms with Gasteiger partial charge < -0.3 is 5.73 Å². The van der Waals surface area contributed by atoms with Gasteiger partial charge in [0.1, 0.15) is 0 Å². The summed E-state index contributed by atoms with van der Waals surface area (Å²) in [5.41, 5.74) is 5.25. The summed E-state index contributed by atoms with van der Waals surface area (Å²) in [6.07, 6.45) is 0.544. The molecule has 0 fully saturated rings. The molecular weight excluding hydrogens is 268 g/mol. The van der Waals surface area contributed by atoms with E-state index >= 15 is 0 Å². The number of carbonyl (C=O) groups excluding carboxylic acids is 2. The van der Waals surface area contributed by atoms with Gasteiger partial charge in [0.05, 0.1) is 4.90 Å². The molecule has 0 aliphatic rings. The highest BCUT2D eigenvalue weighted by molar-refractivity contribution is 7.90. The Hall–Kier alpha value is -1.89. The average Bonchev–Trinajstić information content (AvgIpc) is 2.37. The number of hydrogen-bond donors (Lipinski definition) is 2. The molecule has 0 heterocycles. The van der Waals surface area contributed by atoms with Crippen LogP contribution >= 0.6 is 0 Å². The highest BCUT2D eigenvalue weighted by Crippen LogP contribution is 2.11. The minimum absolute atomic E-state index is 0.0887. The fourth-order valence-electron chi connectivity index (χ4n) is 1.28. The zero-order chi connectivity index (χ0) is 14.6. The Bertz CT molecular complexity index is 578. The van der Waals surface area contributed by atoms with E-state index in [9.17, 15) is 18.0 Å². The molecule has 6 nitrogen and oxygen atoms in total. The second kappa shape index (κ2) is 5.83. The van der Waals surface area contributed by atoms with Crippen molar-refractivity contribution in [3.63, 3.8) is 0 Å². The number of hydrogen-bond acceptors (Lipinski definition) is 4. The number of benzene rings is 1. The van der Waals surface area contributed by atoms with E-state index in [-0.39, 0.29) is 16.4 Å². The van der Waals surface area contributed by atoms with E-state index in [1.807, 2.05) is 4.72 Å².